The first-order chi connectivity index (χ1) is 5.94. The highest BCUT2D eigenvalue weighted by Gasteiger charge is 2.39. The van der Waals surface area contributed by atoms with E-state index in [0.29, 0.717) is 5.92 Å². The van der Waals surface area contributed by atoms with Crippen LogP contribution in [0.4, 0.5) is 0 Å². The lowest BCUT2D eigenvalue weighted by Gasteiger charge is -2.17. The van der Waals surface area contributed by atoms with Gasteiger partial charge in [-0.3, -0.25) is 0 Å². The van der Waals surface area contributed by atoms with Gasteiger partial charge >= 0.3 is 0 Å². The fraction of sp³-hybridized carbons (Fsp3) is 0.818. The van der Waals surface area contributed by atoms with Crippen LogP contribution >= 0.6 is 0 Å². The molecule has 0 aromatic carbocycles. The summed E-state index contributed by atoms with van der Waals surface area (Å²) in [5.41, 5.74) is 0. The number of hydrogen-bond acceptors (Lipinski definition) is 2. The van der Waals surface area contributed by atoms with Crippen molar-refractivity contribution in [3.63, 3.8) is 0 Å². The average Bonchev–Trinajstić information content (AvgIpc) is 2.24. The van der Waals surface area contributed by atoms with E-state index in [1.54, 1.807) is 0 Å². The van der Waals surface area contributed by atoms with Gasteiger partial charge in [-0.25, -0.2) is 0 Å². The van der Waals surface area contributed by atoms with Crippen LogP contribution in [0, 0.1) is 5.92 Å². The lowest BCUT2D eigenvalue weighted by atomic mass is 10.0. The summed E-state index contributed by atoms with van der Waals surface area (Å²) in [5, 5.41) is 0. The van der Waals surface area contributed by atoms with E-state index in [0.717, 1.165) is 6.42 Å². The van der Waals surface area contributed by atoms with E-state index in [2.05, 4.69) is 20.4 Å². The Labute approximate surface area is 80.9 Å². The molecule has 0 amide bonds. The molecule has 2 nitrogen and oxygen atoms in total. The van der Waals surface area contributed by atoms with Crippen molar-refractivity contribution < 1.29 is 9.47 Å². The molecule has 0 saturated carbocycles. The molecule has 1 fully saturated rings. The zero-order valence-electron chi connectivity index (χ0n) is 9.04. The predicted molar refractivity (Wildman–Crippen MR) is 53.5 cm³/mol. The van der Waals surface area contributed by atoms with Crippen LogP contribution in [0.3, 0.4) is 0 Å². The third-order valence-corrected chi connectivity index (χ3v) is 2.16. The summed E-state index contributed by atoms with van der Waals surface area (Å²) < 4.78 is 11.4. The van der Waals surface area contributed by atoms with E-state index in [1.807, 2.05) is 19.9 Å². The van der Waals surface area contributed by atoms with Crippen LogP contribution in [0.1, 0.15) is 34.1 Å². The zero-order valence-corrected chi connectivity index (χ0v) is 9.04. The molecule has 0 aliphatic carbocycles. The van der Waals surface area contributed by atoms with Gasteiger partial charge in [0.25, 0.3) is 0 Å². The summed E-state index contributed by atoms with van der Waals surface area (Å²) >= 11 is 0. The van der Waals surface area contributed by atoms with Gasteiger partial charge in [0.15, 0.2) is 5.79 Å². The summed E-state index contributed by atoms with van der Waals surface area (Å²) in [4.78, 5) is 0. The molecular formula is C11H20O2. The van der Waals surface area contributed by atoms with Crippen molar-refractivity contribution in [2.45, 2.75) is 52.1 Å². The Hall–Kier alpha value is -0.340. The maximum absolute atomic E-state index is 5.77. The molecule has 0 N–H and O–H groups in total. The fourth-order valence-corrected chi connectivity index (χ4v) is 1.71. The van der Waals surface area contributed by atoms with E-state index >= 15 is 0 Å². The molecule has 2 heteroatoms. The van der Waals surface area contributed by atoms with Crippen LogP contribution in [0.25, 0.3) is 0 Å². The van der Waals surface area contributed by atoms with E-state index in [9.17, 15) is 0 Å². The molecular weight excluding hydrogens is 164 g/mol. The average molecular weight is 184 g/mol. The Morgan fingerprint density at radius 1 is 1.38 bits per heavy atom. The molecule has 2 unspecified atom stereocenters. The minimum atomic E-state index is -0.446. The first-order valence-corrected chi connectivity index (χ1v) is 4.93. The van der Waals surface area contributed by atoms with E-state index in [4.69, 9.17) is 9.47 Å². The van der Waals surface area contributed by atoms with Crippen LogP contribution in [0.5, 0.6) is 0 Å². The van der Waals surface area contributed by atoms with Gasteiger partial charge in [-0.2, -0.15) is 0 Å². The first-order valence-electron chi connectivity index (χ1n) is 4.93. The largest absolute Gasteiger partial charge is 0.344 e. The van der Waals surface area contributed by atoms with Crippen molar-refractivity contribution >= 4 is 0 Å². The monoisotopic (exact) mass is 184 g/mol. The predicted octanol–water partition coefficient (Wildman–Crippen LogP) is 2.74. The highest BCUT2D eigenvalue weighted by atomic mass is 16.7. The highest BCUT2D eigenvalue weighted by Crippen LogP contribution is 2.31. The summed E-state index contributed by atoms with van der Waals surface area (Å²) in [5.74, 6) is 0.184. The summed E-state index contributed by atoms with van der Waals surface area (Å²) in [7, 11) is 0. The molecule has 0 aromatic heterocycles. The molecule has 1 saturated heterocycles. The van der Waals surface area contributed by atoms with Crippen molar-refractivity contribution in [3.05, 3.63) is 12.7 Å². The summed E-state index contributed by atoms with van der Waals surface area (Å²) in [6.07, 6.45) is 3.09. The number of hydrogen-bond donors (Lipinski definition) is 0. The molecule has 1 heterocycles. The Kier molecular flexibility index (Phi) is 3.14. The van der Waals surface area contributed by atoms with Gasteiger partial charge in [0.05, 0.1) is 6.10 Å². The topological polar surface area (TPSA) is 18.5 Å². The summed E-state index contributed by atoms with van der Waals surface area (Å²) in [6.45, 7) is 12.0. The van der Waals surface area contributed by atoms with Crippen LogP contribution in [0.2, 0.25) is 0 Å². The minimum absolute atomic E-state index is 0.0531. The molecule has 1 aliphatic rings. The second-order valence-corrected chi connectivity index (χ2v) is 4.50. The molecule has 0 spiro atoms. The second kappa shape index (κ2) is 3.81. The van der Waals surface area contributed by atoms with Crippen molar-refractivity contribution in [2.24, 2.45) is 5.92 Å². The van der Waals surface area contributed by atoms with Gasteiger partial charge in [-0.15, -0.1) is 6.58 Å². The van der Waals surface area contributed by atoms with Crippen molar-refractivity contribution in [1.29, 1.82) is 0 Å². The molecule has 0 bridgehead atoms. The first kappa shape index (κ1) is 10.7. The van der Waals surface area contributed by atoms with E-state index in [1.165, 1.54) is 0 Å². The van der Waals surface area contributed by atoms with Crippen LogP contribution in [0.15, 0.2) is 12.7 Å². The van der Waals surface area contributed by atoms with Crippen molar-refractivity contribution in [2.75, 3.05) is 0 Å². The maximum Gasteiger partial charge on any atom is 0.164 e. The molecule has 76 valence electrons. The van der Waals surface area contributed by atoms with Gasteiger partial charge in [-0.1, -0.05) is 19.9 Å². The molecule has 0 aromatic rings. The van der Waals surface area contributed by atoms with E-state index < -0.39 is 5.79 Å². The van der Waals surface area contributed by atoms with Crippen LogP contribution in [-0.4, -0.2) is 18.0 Å². The van der Waals surface area contributed by atoms with Gasteiger partial charge < -0.3 is 9.47 Å². The zero-order chi connectivity index (χ0) is 10.1. The van der Waals surface area contributed by atoms with Crippen molar-refractivity contribution in [3.8, 4) is 0 Å². The maximum atomic E-state index is 5.77. The van der Waals surface area contributed by atoms with Crippen molar-refractivity contribution in [1.82, 2.24) is 0 Å². The van der Waals surface area contributed by atoms with Crippen LogP contribution in [-0.2, 0) is 9.47 Å². The standard InChI is InChI=1S/C11H20O2/c1-6-9-10(7-8(2)3)13-11(4,5)12-9/h6,8-10H,1,7H2,2-5H3. The van der Waals surface area contributed by atoms with E-state index in [-0.39, 0.29) is 12.2 Å². The minimum Gasteiger partial charge on any atom is -0.344 e. The molecule has 13 heavy (non-hydrogen) atoms. The summed E-state index contributed by atoms with van der Waals surface area (Å²) in [6, 6.07) is 0. The highest BCUT2D eigenvalue weighted by molar-refractivity contribution is 4.93. The Morgan fingerprint density at radius 2 is 2.00 bits per heavy atom. The smallest absolute Gasteiger partial charge is 0.164 e. The van der Waals surface area contributed by atoms with Crippen LogP contribution < -0.4 is 0 Å². The lowest BCUT2D eigenvalue weighted by Crippen LogP contribution is -2.22. The third-order valence-electron chi connectivity index (χ3n) is 2.16. The Bertz CT molecular complexity index is 185. The SMILES string of the molecule is C=CC1OC(C)(C)OC1CC(C)C. The molecule has 1 rings (SSSR count). The van der Waals surface area contributed by atoms with Gasteiger partial charge in [-0.05, 0) is 26.2 Å². The number of rotatable bonds is 3. The lowest BCUT2D eigenvalue weighted by molar-refractivity contribution is -0.144. The molecule has 2 atom stereocenters. The second-order valence-electron chi connectivity index (χ2n) is 4.50. The van der Waals surface area contributed by atoms with Gasteiger partial charge in [0, 0.05) is 0 Å². The van der Waals surface area contributed by atoms with Gasteiger partial charge in [0.1, 0.15) is 6.10 Å². The fourth-order valence-electron chi connectivity index (χ4n) is 1.71. The molecule has 1 aliphatic heterocycles. The number of ether oxygens (including phenoxy) is 2. The quantitative estimate of drug-likeness (QED) is 0.628. The Balaban J connectivity index is 2.58. The normalized spacial score (nSPS) is 32.4. The Morgan fingerprint density at radius 3 is 2.46 bits per heavy atom. The third kappa shape index (κ3) is 2.82. The van der Waals surface area contributed by atoms with Gasteiger partial charge in [0.2, 0.25) is 0 Å². The molecule has 0 radical (unpaired) electrons.